The molecule has 9 nitrogen and oxygen atoms in total. The summed E-state index contributed by atoms with van der Waals surface area (Å²) >= 11 is 0. The van der Waals surface area contributed by atoms with Gasteiger partial charge in [0, 0.05) is 6.42 Å². The first kappa shape index (κ1) is 17.9. The molecule has 0 aliphatic carbocycles. The van der Waals surface area contributed by atoms with Gasteiger partial charge in [0.1, 0.15) is 6.33 Å². The van der Waals surface area contributed by atoms with Crippen molar-refractivity contribution in [1.82, 2.24) is 24.5 Å². The highest BCUT2D eigenvalue weighted by Crippen LogP contribution is 2.31. The molecular formula is C19H19N5O4. The molecule has 2 aromatic heterocycles. The van der Waals surface area contributed by atoms with Crippen molar-refractivity contribution in [3.8, 4) is 11.4 Å². The minimum atomic E-state index is -1.13. The van der Waals surface area contributed by atoms with Crippen LogP contribution in [0.25, 0.3) is 11.4 Å². The Morgan fingerprint density at radius 2 is 2.00 bits per heavy atom. The van der Waals surface area contributed by atoms with E-state index in [9.17, 15) is 14.7 Å². The summed E-state index contributed by atoms with van der Waals surface area (Å²) < 4.78 is 8.43. The van der Waals surface area contributed by atoms with Crippen LogP contribution in [0.2, 0.25) is 0 Å². The molecule has 1 aromatic carbocycles. The van der Waals surface area contributed by atoms with Crippen molar-refractivity contribution in [3.63, 3.8) is 0 Å². The molecule has 0 fully saturated rings. The molecule has 0 spiro atoms. The molecule has 9 heteroatoms. The molecule has 144 valence electrons. The number of carbonyl (C=O) groups excluding carboxylic acids is 1. The number of aryl methyl sites for hydroxylation is 1. The van der Waals surface area contributed by atoms with Crippen LogP contribution in [0.3, 0.4) is 0 Å². The first-order valence-corrected chi connectivity index (χ1v) is 9.10. The maximum atomic E-state index is 12.4. The highest BCUT2D eigenvalue weighted by atomic mass is 16.5. The quantitative estimate of drug-likeness (QED) is 0.527. The lowest BCUT2D eigenvalue weighted by atomic mass is 10.1. The van der Waals surface area contributed by atoms with Crippen LogP contribution in [-0.2, 0) is 17.6 Å². The number of hydrogen-bond donors (Lipinski definition) is 1. The fourth-order valence-electron chi connectivity index (χ4n) is 3.49. The molecule has 0 atom stereocenters. The lowest BCUT2D eigenvalue weighted by Gasteiger charge is -2.11. The van der Waals surface area contributed by atoms with Gasteiger partial charge in [0.15, 0.2) is 11.4 Å². The van der Waals surface area contributed by atoms with Crippen LogP contribution in [0.15, 0.2) is 24.5 Å². The largest absolute Gasteiger partial charge is 0.476 e. The number of aromatic carboxylic acids is 1. The van der Waals surface area contributed by atoms with E-state index in [1.165, 1.54) is 6.33 Å². The van der Waals surface area contributed by atoms with Gasteiger partial charge < -0.3 is 9.84 Å². The number of rotatable bonds is 5. The Morgan fingerprint density at radius 3 is 2.71 bits per heavy atom. The second kappa shape index (κ2) is 6.91. The number of esters is 1. The molecular weight excluding hydrogens is 362 g/mol. The molecule has 4 rings (SSSR count). The van der Waals surface area contributed by atoms with Gasteiger partial charge in [-0.3, -0.25) is 4.57 Å². The smallest absolute Gasteiger partial charge is 0.360 e. The van der Waals surface area contributed by atoms with Crippen LogP contribution in [0.5, 0.6) is 0 Å². The molecule has 0 unspecified atom stereocenters. The number of carboxylic acids is 1. The molecule has 1 aliphatic heterocycles. The Hall–Kier alpha value is -3.49. The zero-order valence-corrected chi connectivity index (χ0v) is 15.5. The van der Waals surface area contributed by atoms with Crippen molar-refractivity contribution in [2.24, 2.45) is 0 Å². The summed E-state index contributed by atoms with van der Waals surface area (Å²) in [4.78, 5) is 28.1. The number of benzene rings is 1. The Balaban J connectivity index is 1.98. The van der Waals surface area contributed by atoms with Gasteiger partial charge in [-0.25, -0.2) is 19.3 Å². The van der Waals surface area contributed by atoms with E-state index in [0.29, 0.717) is 11.4 Å². The SMILES string of the molecule is CCCc1ccc2c(c1)-n1nnc(C(=O)OCC)c1Cc1c(C(=O)O)ncn1-2. The van der Waals surface area contributed by atoms with E-state index in [1.54, 1.807) is 16.2 Å². The predicted molar refractivity (Wildman–Crippen MR) is 98.2 cm³/mol. The molecule has 0 radical (unpaired) electrons. The highest BCUT2D eigenvalue weighted by Gasteiger charge is 2.30. The van der Waals surface area contributed by atoms with Gasteiger partial charge in [-0.15, -0.1) is 5.10 Å². The fourth-order valence-corrected chi connectivity index (χ4v) is 3.49. The van der Waals surface area contributed by atoms with Crippen LogP contribution in [-0.4, -0.2) is 48.2 Å². The number of carbonyl (C=O) groups is 2. The van der Waals surface area contributed by atoms with Crippen LogP contribution < -0.4 is 0 Å². The van der Waals surface area contributed by atoms with Crippen molar-refractivity contribution in [3.05, 3.63) is 52.9 Å². The third-order valence-electron chi connectivity index (χ3n) is 4.70. The Kier molecular flexibility index (Phi) is 4.42. The molecule has 0 saturated carbocycles. The standard InChI is InChI=1S/C19H19N5O4/c1-3-5-11-6-7-12-13(8-11)24-15(17(21-22-24)19(27)28-4-2)9-14-16(18(25)26)20-10-23(12)14/h6-8,10H,3-5,9H2,1-2H3,(H,25,26). The molecule has 0 saturated heterocycles. The number of fused-ring (bicyclic) bond motifs is 5. The third-order valence-corrected chi connectivity index (χ3v) is 4.70. The molecule has 0 amide bonds. The number of ether oxygens (including phenoxy) is 1. The summed E-state index contributed by atoms with van der Waals surface area (Å²) in [7, 11) is 0. The van der Waals surface area contributed by atoms with Crippen LogP contribution in [0.1, 0.15) is 58.2 Å². The summed E-state index contributed by atoms with van der Waals surface area (Å²) in [6, 6.07) is 5.90. The number of hydrogen-bond acceptors (Lipinski definition) is 6. The number of aromatic nitrogens is 5. The summed E-state index contributed by atoms with van der Waals surface area (Å²) in [6.45, 7) is 4.02. The summed E-state index contributed by atoms with van der Waals surface area (Å²) in [6.07, 6.45) is 3.50. The molecule has 28 heavy (non-hydrogen) atoms. The van der Waals surface area contributed by atoms with Crippen LogP contribution in [0.4, 0.5) is 0 Å². The third kappa shape index (κ3) is 2.75. The monoisotopic (exact) mass is 381 g/mol. The average molecular weight is 381 g/mol. The van der Waals surface area contributed by atoms with Gasteiger partial charge in [-0.1, -0.05) is 24.6 Å². The lowest BCUT2D eigenvalue weighted by Crippen LogP contribution is -2.11. The van der Waals surface area contributed by atoms with E-state index in [-0.39, 0.29) is 24.4 Å². The first-order chi connectivity index (χ1) is 13.5. The van der Waals surface area contributed by atoms with Crippen molar-refractivity contribution < 1.29 is 19.4 Å². The van der Waals surface area contributed by atoms with E-state index in [1.807, 2.05) is 18.2 Å². The van der Waals surface area contributed by atoms with E-state index in [2.05, 4.69) is 22.2 Å². The maximum Gasteiger partial charge on any atom is 0.360 e. The van der Waals surface area contributed by atoms with E-state index < -0.39 is 11.9 Å². The van der Waals surface area contributed by atoms with Crippen LogP contribution in [0, 0.1) is 0 Å². The Bertz CT molecular complexity index is 1080. The van der Waals surface area contributed by atoms with Crippen molar-refractivity contribution in [2.45, 2.75) is 33.1 Å². The summed E-state index contributed by atoms with van der Waals surface area (Å²) in [5, 5.41) is 17.7. The Morgan fingerprint density at radius 1 is 1.18 bits per heavy atom. The number of nitrogens with zero attached hydrogens (tertiary/aromatic N) is 5. The molecule has 1 aliphatic rings. The zero-order chi connectivity index (χ0) is 19.8. The molecule has 3 aromatic rings. The molecule has 3 heterocycles. The fraction of sp³-hybridized carbons (Fsp3) is 0.316. The lowest BCUT2D eigenvalue weighted by molar-refractivity contribution is 0.0517. The van der Waals surface area contributed by atoms with E-state index in [0.717, 1.165) is 29.8 Å². The second-order valence-electron chi connectivity index (χ2n) is 6.48. The zero-order valence-electron chi connectivity index (χ0n) is 15.5. The van der Waals surface area contributed by atoms with E-state index >= 15 is 0 Å². The van der Waals surface area contributed by atoms with Gasteiger partial charge in [0.2, 0.25) is 0 Å². The number of imidazole rings is 1. The minimum Gasteiger partial charge on any atom is -0.476 e. The number of carboxylic acid groups (broad SMARTS) is 1. The second-order valence-corrected chi connectivity index (χ2v) is 6.48. The van der Waals surface area contributed by atoms with Crippen molar-refractivity contribution in [2.75, 3.05) is 6.61 Å². The summed E-state index contributed by atoms with van der Waals surface area (Å²) in [5.74, 6) is -1.71. The predicted octanol–water partition coefficient (Wildman–Crippen LogP) is 2.18. The van der Waals surface area contributed by atoms with Gasteiger partial charge >= 0.3 is 11.9 Å². The van der Waals surface area contributed by atoms with Crippen LogP contribution >= 0.6 is 0 Å². The minimum absolute atomic E-state index is 0.0620. The average Bonchev–Trinajstić information content (AvgIpc) is 3.24. The van der Waals surface area contributed by atoms with Gasteiger partial charge in [-0.2, -0.15) is 0 Å². The van der Waals surface area contributed by atoms with Gasteiger partial charge in [-0.05, 0) is 31.0 Å². The normalized spacial score (nSPS) is 11.9. The maximum absolute atomic E-state index is 12.4. The molecule has 1 N–H and O–H groups in total. The Labute approximate surface area is 160 Å². The van der Waals surface area contributed by atoms with E-state index in [4.69, 9.17) is 4.74 Å². The summed E-state index contributed by atoms with van der Waals surface area (Å²) in [5.41, 5.74) is 3.53. The van der Waals surface area contributed by atoms with Gasteiger partial charge in [0.25, 0.3) is 0 Å². The van der Waals surface area contributed by atoms with Crippen molar-refractivity contribution in [1.29, 1.82) is 0 Å². The van der Waals surface area contributed by atoms with Gasteiger partial charge in [0.05, 0.1) is 29.4 Å². The highest BCUT2D eigenvalue weighted by molar-refractivity contribution is 5.90. The molecule has 0 bridgehead atoms. The topological polar surface area (TPSA) is 112 Å². The van der Waals surface area contributed by atoms with Crippen molar-refractivity contribution >= 4 is 11.9 Å². The first-order valence-electron chi connectivity index (χ1n) is 9.10.